The number of rotatable bonds is 3. The van der Waals surface area contributed by atoms with Crippen molar-refractivity contribution in [3.05, 3.63) is 47.1 Å². The Morgan fingerprint density at radius 3 is 2.76 bits per heavy atom. The maximum Gasteiger partial charge on any atom is 0.221 e. The highest BCUT2D eigenvalue weighted by Gasteiger charge is 2.08. The molecule has 0 atom stereocenters. The number of aryl methyl sites for hydroxylation is 1. The van der Waals surface area contributed by atoms with E-state index in [0.717, 1.165) is 17.5 Å². The third-order valence-corrected chi connectivity index (χ3v) is 2.88. The molecule has 0 radical (unpaired) electrons. The number of aromatic nitrogens is 1. The molecule has 0 saturated heterocycles. The fourth-order valence-corrected chi connectivity index (χ4v) is 1.90. The van der Waals surface area contributed by atoms with E-state index in [0.29, 0.717) is 10.9 Å². The summed E-state index contributed by atoms with van der Waals surface area (Å²) < 4.78 is 5.28. The fourth-order valence-electron chi connectivity index (χ4n) is 1.71. The first kappa shape index (κ1) is 11.9. The summed E-state index contributed by atoms with van der Waals surface area (Å²) in [5.41, 5.74) is 3.19. The largest absolute Gasteiger partial charge is 0.481 e. The number of pyridine rings is 1. The van der Waals surface area contributed by atoms with Crippen molar-refractivity contribution in [3.63, 3.8) is 0 Å². The van der Waals surface area contributed by atoms with Crippen LogP contribution in [0.3, 0.4) is 0 Å². The number of methoxy groups -OCH3 is 1. The van der Waals surface area contributed by atoms with E-state index >= 15 is 0 Å². The molecule has 1 heterocycles. The van der Waals surface area contributed by atoms with E-state index in [1.165, 1.54) is 5.56 Å². The van der Waals surface area contributed by atoms with Crippen LogP contribution in [0.15, 0.2) is 36.5 Å². The smallest absolute Gasteiger partial charge is 0.221 e. The average molecular weight is 248 g/mol. The predicted molar refractivity (Wildman–Crippen MR) is 70.6 cm³/mol. The Labute approximate surface area is 106 Å². The van der Waals surface area contributed by atoms with Crippen LogP contribution >= 0.6 is 11.6 Å². The van der Waals surface area contributed by atoms with E-state index in [4.69, 9.17) is 16.3 Å². The highest BCUT2D eigenvalue weighted by molar-refractivity contribution is 6.30. The molecule has 0 amide bonds. The van der Waals surface area contributed by atoms with E-state index < -0.39 is 0 Å². The fraction of sp³-hybridized carbons (Fsp3) is 0.214. The second-order valence-electron chi connectivity index (χ2n) is 3.76. The van der Waals surface area contributed by atoms with Gasteiger partial charge in [0.15, 0.2) is 0 Å². The van der Waals surface area contributed by atoms with Crippen LogP contribution in [0.1, 0.15) is 12.5 Å². The lowest BCUT2D eigenvalue weighted by Gasteiger charge is -2.09. The molecule has 0 aliphatic rings. The Kier molecular flexibility index (Phi) is 3.64. The van der Waals surface area contributed by atoms with Gasteiger partial charge in [0.05, 0.1) is 7.11 Å². The first-order chi connectivity index (χ1) is 8.24. The molecule has 1 aromatic carbocycles. The van der Waals surface area contributed by atoms with Crippen LogP contribution in [0.5, 0.6) is 5.88 Å². The van der Waals surface area contributed by atoms with Gasteiger partial charge in [0.25, 0.3) is 0 Å². The Balaban J connectivity index is 2.56. The number of ether oxygens (including phenoxy) is 1. The summed E-state index contributed by atoms with van der Waals surface area (Å²) >= 11 is 6.00. The van der Waals surface area contributed by atoms with Gasteiger partial charge in [0, 0.05) is 16.8 Å². The van der Waals surface area contributed by atoms with Gasteiger partial charge in [0.2, 0.25) is 5.88 Å². The van der Waals surface area contributed by atoms with Gasteiger partial charge >= 0.3 is 0 Å². The highest BCUT2D eigenvalue weighted by atomic mass is 35.5. The molecule has 3 heteroatoms. The van der Waals surface area contributed by atoms with Crippen molar-refractivity contribution in [1.82, 2.24) is 4.98 Å². The van der Waals surface area contributed by atoms with Crippen LogP contribution in [0.25, 0.3) is 11.1 Å². The summed E-state index contributed by atoms with van der Waals surface area (Å²) in [6, 6.07) is 9.80. The molecule has 2 nitrogen and oxygen atoms in total. The normalized spacial score (nSPS) is 10.3. The van der Waals surface area contributed by atoms with Gasteiger partial charge < -0.3 is 4.74 Å². The van der Waals surface area contributed by atoms with Crippen molar-refractivity contribution in [1.29, 1.82) is 0 Å². The van der Waals surface area contributed by atoms with Crippen LogP contribution < -0.4 is 4.74 Å². The van der Waals surface area contributed by atoms with Crippen LogP contribution in [0.2, 0.25) is 5.02 Å². The zero-order valence-electron chi connectivity index (χ0n) is 9.90. The molecule has 88 valence electrons. The molecule has 2 aromatic rings. The Hall–Kier alpha value is -1.54. The van der Waals surface area contributed by atoms with E-state index in [-0.39, 0.29) is 0 Å². The minimum absolute atomic E-state index is 0.629. The molecule has 0 fully saturated rings. The van der Waals surface area contributed by atoms with Crippen molar-refractivity contribution >= 4 is 11.6 Å². The van der Waals surface area contributed by atoms with Crippen LogP contribution in [-0.2, 0) is 6.42 Å². The predicted octanol–water partition coefficient (Wildman–Crippen LogP) is 3.97. The Bertz CT molecular complexity index is 525. The molecule has 1 aromatic heterocycles. The standard InChI is InChI=1S/C14H14ClNO/c1-3-10-7-13(14(17-2)16-9-10)11-5-4-6-12(15)8-11/h4-9H,3H2,1-2H3. The van der Waals surface area contributed by atoms with Crippen LogP contribution in [0, 0.1) is 0 Å². The Morgan fingerprint density at radius 1 is 1.29 bits per heavy atom. The quantitative estimate of drug-likeness (QED) is 0.819. The van der Waals surface area contributed by atoms with E-state index in [2.05, 4.69) is 18.0 Å². The maximum absolute atomic E-state index is 6.00. The van der Waals surface area contributed by atoms with Crippen LogP contribution in [0.4, 0.5) is 0 Å². The van der Waals surface area contributed by atoms with Gasteiger partial charge in [0.1, 0.15) is 0 Å². The molecular formula is C14H14ClNO. The lowest BCUT2D eigenvalue weighted by Crippen LogP contribution is -1.94. The number of nitrogens with zero attached hydrogens (tertiary/aromatic N) is 1. The second kappa shape index (κ2) is 5.19. The number of benzene rings is 1. The van der Waals surface area contributed by atoms with Gasteiger partial charge in [-0.3, -0.25) is 0 Å². The summed E-state index contributed by atoms with van der Waals surface area (Å²) in [6.45, 7) is 2.10. The monoisotopic (exact) mass is 247 g/mol. The summed E-state index contributed by atoms with van der Waals surface area (Å²) in [6.07, 6.45) is 2.79. The summed E-state index contributed by atoms with van der Waals surface area (Å²) in [4.78, 5) is 4.31. The summed E-state index contributed by atoms with van der Waals surface area (Å²) in [7, 11) is 1.63. The highest BCUT2D eigenvalue weighted by Crippen LogP contribution is 2.30. The molecule has 0 unspecified atom stereocenters. The van der Waals surface area contributed by atoms with Gasteiger partial charge in [-0.2, -0.15) is 0 Å². The summed E-state index contributed by atoms with van der Waals surface area (Å²) in [5, 5.41) is 0.714. The minimum atomic E-state index is 0.629. The number of hydrogen-bond donors (Lipinski definition) is 0. The molecule has 0 aliphatic carbocycles. The van der Waals surface area contributed by atoms with Gasteiger partial charge in [-0.25, -0.2) is 4.98 Å². The van der Waals surface area contributed by atoms with Crippen molar-refractivity contribution in [2.24, 2.45) is 0 Å². The SMILES string of the molecule is CCc1cnc(OC)c(-c2cccc(Cl)c2)c1. The minimum Gasteiger partial charge on any atom is -0.481 e. The molecule has 2 rings (SSSR count). The zero-order valence-corrected chi connectivity index (χ0v) is 10.7. The first-order valence-electron chi connectivity index (χ1n) is 5.53. The van der Waals surface area contributed by atoms with Crippen molar-refractivity contribution < 1.29 is 4.74 Å². The van der Waals surface area contributed by atoms with Crippen molar-refractivity contribution in [2.75, 3.05) is 7.11 Å². The van der Waals surface area contributed by atoms with Gasteiger partial charge in [-0.05, 0) is 35.7 Å². The van der Waals surface area contributed by atoms with E-state index in [1.807, 2.05) is 30.5 Å². The third-order valence-electron chi connectivity index (χ3n) is 2.64. The zero-order chi connectivity index (χ0) is 12.3. The molecule has 0 saturated carbocycles. The topological polar surface area (TPSA) is 22.1 Å². The first-order valence-corrected chi connectivity index (χ1v) is 5.91. The molecule has 17 heavy (non-hydrogen) atoms. The molecule has 0 aliphatic heterocycles. The van der Waals surface area contributed by atoms with E-state index in [9.17, 15) is 0 Å². The lowest BCUT2D eigenvalue weighted by molar-refractivity contribution is 0.399. The van der Waals surface area contributed by atoms with Gasteiger partial charge in [-0.15, -0.1) is 0 Å². The van der Waals surface area contributed by atoms with Gasteiger partial charge in [-0.1, -0.05) is 30.7 Å². The molecule has 0 spiro atoms. The van der Waals surface area contributed by atoms with Crippen LogP contribution in [-0.4, -0.2) is 12.1 Å². The summed E-state index contributed by atoms with van der Waals surface area (Å²) in [5.74, 6) is 0.629. The molecular weight excluding hydrogens is 234 g/mol. The average Bonchev–Trinajstić information content (AvgIpc) is 2.38. The molecule has 0 bridgehead atoms. The molecule has 0 N–H and O–H groups in total. The van der Waals surface area contributed by atoms with Crippen molar-refractivity contribution in [3.8, 4) is 17.0 Å². The third kappa shape index (κ3) is 2.59. The second-order valence-corrected chi connectivity index (χ2v) is 4.20. The van der Waals surface area contributed by atoms with Crippen molar-refractivity contribution in [2.45, 2.75) is 13.3 Å². The maximum atomic E-state index is 6.00. The lowest BCUT2D eigenvalue weighted by atomic mass is 10.0. The van der Waals surface area contributed by atoms with E-state index in [1.54, 1.807) is 7.11 Å². The number of hydrogen-bond acceptors (Lipinski definition) is 2. The number of halogens is 1. The Morgan fingerprint density at radius 2 is 2.12 bits per heavy atom.